The second-order valence-electron chi connectivity index (χ2n) is 2.64. The molecular formula is C10H18N2O. The van der Waals surface area contributed by atoms with Gasteiger partial charge in [-0.3, -0.25) is 0 Å². The molecule has 0 saturated heterocycles. The number of hydrogen-bond acceptors (Lipinski definition) is 3. The van der Waals surface area contributed by atoms with E-state index in [-0.39, 0.29) is 0 Å². The van der Waals surface area contributed by atoms with Crippen molar-refractivity contribution in [2.45, 2.75) is 20.1 Å². The first-order valence-electron chi connectivity index (χ1n) is 4.39. The van der Waals surface area contributed by atoms with Crippen molar-refractivity contribution < 1.29 is 5.11 Å². The van der Waals surface area contributed by atoms with Crippen molar-refractivity contribution in [3.63, 3.8) is 0 Å². The molecule has 4 N–H and O–H groups in total. The molecule has 0 heterocycles. The molecule has 1 aromatic rings. The Hall–Kier alpha value is -1.06. The number of para-hydroxylation sites is 1. The maximum absolute atomic E-state index is 7.83. The van der Waals surface area contributed by atoms with Gasteiger partial charge < -0.3 is 16.2 Å². The SMILES string of the molecule is CC(N)O.CCNc1ccccc1. The van der Waals surface area contributed by atoms with Gasteiger partial charge >= 0.3 is 0 Å². The predicted molar refractivity (Wildman–Crippen MR) is 56.5 cm³/mol. The molecule has 0 saturated carbocycles. The normalized spacial score (nSPS) is 11.1. The fraction of sp³-hybridized carbons (Fsp3) is 0.400. The van der Waals surface area contributed by atoms with Crippen LogP contribution in [0.25, 0.3) is 0 Å². The molecule has 0 aliphatic heterocycles. The van der Waals surface area contributed by atoms with Crippen molar-refractivity contribution in [2.24, 2.45) is 5.73 Å². The van der Waals surface area contributed by atoms with Crippen LogP contribution in [0.3, 0.4) is 0 Å². The maximum Gasteiger partial charge on any atom is 0.0991 e. The van der Waals surface area contributed by atoms with Crippen molar-refractivity contribution in [3.05, 3.63) is 30.3 Å². The largest absolute Gasteiger partial charge is 0.385 e. The standard InChI is InChI=1S/C8H11N.C2H7NO/c1-2-9-8-6-4-3-5-7-8;1-2(3)4/h3-7,9H,2H2,1H3;2,4H,3H2,1H3. The molecule has 0 radical (unpaired) electrons. The van der Waals surface area contributed by atoms with Gasteiger partial charge in [-0.05, 0) is 26.0 Å². The van der Waals surface area contributed by atoms with Gasteiger partial charge in [0.25, 0.3) is 0 Å². The zero-order valence-corrected chi connectivity index (χ0v) is 8.20. The van der Waals surface area contributed by atoms with Crippen molar-refractivity contribution >= 4 is 5.69 Å². The fourth-order valence-corrected chi connectivity index (χ4v) is 0.760. The van der Waals surface area contributed by atoms with E-state index in [1.54, 1.807) is 0 Å². The van der Waals surface area contributed by atoms with E-state index in [0.717, 1.165) is 6.54 Å². The summed E-state index contributed by atoms with van der Waals surface area (Å²) in [5.74, 6) is 0. The van der Waals surface area contributed by atoms with Crippen molar-refractivity contribution in [3.8, 4) is 0 Å². The Bertz CT molecular complexity index is 197. The first kappa shape index (κ1) is 11.9. The van der Waals surface area contributed by atoms with E-state index in [1.807, 2.05) is 18.2 Å². The van der Waals surface area contributed by atoms with Crippen LogP contribution in [0.4, 0.5) is 5.69 Å². The van der Waals surface area contributed by atoms with E-state index >= 15 is 0 Å². The molecule has 0 fully saturated rings. The molecule has 0 spiro atoms. The smallest absolute Gasteiger partial charge is 0.0991 e. The Labute approximate surface area is 79.6 Å². The predicted octanol–water partition coefficient (Wildman–Crippen LogP) is 1.40. The summed E-state index contributed by atoms with van der Waals surface area (Å²) in [6.45, 7) is 4.58. The molecule has 0 amide bonds. The average Bonchev–Trinajstić information content (AvgIpc) is 2.06. The molecule has 3 nitrogen and oxygen atoms in total. The van der Waals surface area contributed by atoms with Gasteiger partial charge in [-0.2, -0.15) is 0 Å². The van der Waals surface area contributed by atoms with Crippen molar-refractivity contribution in [1.82, 2.24) is 0 Å². The van der Waals surface area contributed by atoms with Crippen molar-refractivity contribution in [1.29, 1.82) is 0 Å². The van der Waals surface area contributed by atoms with E-state index in [1.165, 1.54) is 12.6 Å². The molecule has 0 aliphatic carbocycles. The number of benzene rings is 1. The molecule has 0 aromatic heterocycles. The Morgan fingerprint density at radius 1 is 1.38 bits per heavy atom. The summed E-state index contributed by atoms with van der Waals surface area (Å²) in [6, 6.07) is 10.2. The van der Waals surface area contributed by atoms with Crippen LogP contribution in [0.1, 0.15) is 13.8 Å². The number of aliphatic hydroxyl groups excluding tert-OH is 1. The summed E-state index contributed by atoms with van der Waals surface area (Å²) < 4.78 is 0. The number of anilines is 1. The van der Waals surface area contributed by atoms with E-state index in [4.69, 9.17) is 5.11 Å². The second kappa shape index (κ2) is 7.58. The summed E-state index contributed by atoms with van der Waals surface area (Å²) in [6.07, 6.45) is -0.667. The van der Waals surface area contributed by atoms with Crippen LogP contribution in [0.15, 0.2) is 30.3 Å². The van der Waals surface area contributed by atoms with Crippen LogP contribution in [-0.2, 0) is 0 Å². The number of nitrogens with two attached hydrogens (primary N) is 1. The zero-order chi connectivity index (χ0) is 10.1. The van der Waals surface area contributed by atoms with Gasteiger partial charge in [0, 0.05) is 12.2 Å². The lowest BCUT2D eigenvalue weighted by molar-refractivity contribution is 0.203. The van der Waals surface area contributed by atoms with Crippen LogP contribution >= 0.6 is 0 Å². The Balaban J connectivity index is 0.000000310. The Morgan fingerprint density at radius 3 is 2.23 bits per heavy atom. The summed E-state index contributed by atoms with van der Waals surface area (Å²) in [5.41, 5.74) is 5.86. The molecule has 1 rings (SSSR count). The first-order chi connectivity index (χ1) is 6.16. The lowest BCUT2D eigenvalue weighted by Crippen LogP contribution is -2.11. The Kier molecular flexibility index (Phi) is 6.96. The highest BCUT2D eigenvalue weighted by Crippen LogP contribution is 2.02. The molecule has 0 bridgehead atoms. The van der Waals surface area contributed by atoms with Gasteiger partial charge in [0.05, 0.1) is 6.23 Å². The lowest BCUT2D eigenvalue weighted by Gasteiger charge is -1.99. The van der Waals surface area contributed by atoms with E-state index in [0.29, 0.717) is 0 Å². The summed E-state index contributed by atoms with van der Waals surface area (Å²) in [4.78, 5) is 0. The topological polar surface area (TPSA) is 58.3 Å². The molecule has 1 aromatic carbocycles. The van der Waals surface area contributed by atoms with Gasteiger partial charge in [-0.25, -0.2) is 0 Å². The third-order valence-corrected chi connectivity index (χ3v) is 1.15. The van der Waals surface area contributed by atoms with Crippen LogP contribution in [-0.4, -0.2) is 17.9 Å². The molecule has 0 aliphatic rings. The van der Waals surface area contributed by atoms with Gasteiger partial charge in [0.2, 0.25) is 0 Å². The van der Waals surface area contributed by atoms with E-state index in [9.17, 15) is 0 Å². The fourth-order valence-electron chi connectivity index (χ4n) is 0.760. The van der Waals surface area contributed by atoms with Crippen LogP contribution in [0.2, 0.25) is 0 Å². The van der Waals surface area contributed by atoms with E-state index < -0.39 is 6.23 Å². The third-order valence-electron chi connectivity index (χ3n) is 1.15. The monoisotopic (exact) mass is 182 g/mol. The van der Waals surface area contributed by atoms with Crippen LogP contribution < -0.4 is 11.1 Å². The maximum atomic E-state index is 7.83. The summed E-state index contributed by atoms with van der Waals surface area (Å²) in [7, 11) is 0. The minimum atomic E-state index is -0.667. The van der Waals surface area contributed by atoms with Gasteiger partial charge in [0.15, 0.2) is 0 Å². The molecule has 1 atom stereocenters. The molecule has 13 heavy (non-hydrogen) atoms. The minimum absolute atomic E-state index is 0.667. The molecule has 74 valence electrons. The molecular weight excluding hydrogens is 164 g/mol. The van der Waals surface area contributed by atoms with Gasteiger partial charge in [0.1, 0.15) is 0 Å². The average molecular weight is 182 g/mol. The number of nitrogens with one attached hydrogen (secondary N) is 1. The minimum Gasteiger partial charge on any atom is -0.385 e. The molecule has 1 unspecified atom stereocenters. The highest BCUT2D eigenvalue weighted by molar-refractivity contribution is 5.41. The van der Waals surface area contributed by atoms with Crippen LogP contribution in [0, 0.1) is 0 Å². The van der Waals surface area contributed by atoms with Crippen molar-refractivity contribution in [2.75, 3.05) is 11.9 Å². The highest BCUT2D eigenvalue weighted by atomic mass is 16.3. The number of rotatable bonds is 2. The quantitative estimate of drug-likeness (QED) is 0.606. The highest BCUT2D eigenvalue weighted by Gasteiger charge is 1.81. The molecule has 3 heteroatoms. The lowest BCUT2D eigenvalue weighted by atomic mass is 10.3. The van der Waals surface area contributed by atoms with Gasteiger partial charge in [-0.15, -0.1) is 0 Å². The number of hydrogen-bond donors (Lipinski definition) is 3. The summed E-state index contributed by atoms with van der Waals surface area (Å²) >= 11 is 0. The number of aliphatic hydroxyl groups is 1. The van der Waals surface area contributed by atoms with Crippen LogP contribution in [0.5, 0.6) is 0 Å². The first-order valence-corrected chi connectivity index (χ1v) is 4.39. The van der Waals surface area contributed by atoms with E-state index in [2.05, 4.69) is 30.1 Å². The second-order valence-corrected chi connectivity index (χ2v) is 2.64. The van der Waals surface area contributed by atoms with Gasteiger partial charge in [-0.1, -0.05) is 18.2 Å². The zero-order valence-electron chi connectivity index (χ0n) is 8.20. The summed E-state index contributed by atoms with van der Waals surface area (Å²) in [5, 5.41) is 11.0. The third kappa shape index (κ3) is 8.85. The Morgan fingerprint density at radius 2 is 1.85 bits per heavy atom.